The van der Waals surface area contributed by atoms with E-state index in [9.17, 15) is 4.39 Å². The number of aryl methyl sites for hydroxylation is 1. The van der Waals surface area contributed by atoms with E-state index >= 15 is 0 Å². The highest BCUT2D eigenvalue weighted by Crippen LogP contribution is 2.34. The summed E-state index contributed by atoms with van der Waals surface area (Å²) < 4.78 is 19.6. The SMILES string of the molecule is COc1cc(CCCO)c(F)c2c1CCCC2. The summed E-state index contributed by atoms with van der Waals surface area (Å²) in [4.78, 5) is 0. The Balaban J connectivity index is 2.41. The third-order valence-corrected chi connectivity index (χ3v) is 3.44. The van der Waals surface area contributed by atoms with Crippen LogP contribution in [0.15, 0.2) is 6.07 Å². The van der Waals surface area contributed by atoms with Gasteiger partial charge < -0.3 is 9.84 Å². The lowest BCUT2D eigenvalue weighted by Crippen LogP contribution is -2.10. The summed E-state index contributed by atoms with van der Waals surface area (Å²) in [6.07, 6.45) is 5.06. The van der Waals surface area contributed by atoms with Gasteiger partial charge in [-0.3, -0.25) is 0 Å². The molecule has 0 saturated heterocycles. The molecule has 17 heavy (non-hydrogen) atoms. The van der Waals surface area contributed by atoms with Crippen LogP contribution in [0.25, 0.3) is 0 Å². The second-order valence-electron chi connectivity index (χ2n) is 4.54. The van der Waals surface area contributed by atoms with Crippen molar-refractivity contribution in [1.82, 2.24) is 0 Å². The van der Waals surface area contributed by atoms with E-state index in [1.807, 2.05) is 0 Å². The number of halogens is 1. The Bertz CT molecular complexity index is 402. The number of rotatable bonds is 4. The van der Waals surface area contributed by atoms with Crippen LogP contribution in [0, 0.1) is 5.82 Å². The number of hydrogen-bond donors (Lipinski definition) is 1. The Morgan fingerprint density at radius 1 is 1.29 bits per heavy atom. The first-order valence-corrected chi connectivity index (χ1v) is 6.26. The molecule has 0 bridgehead atoms. The first-order chi connectivity index (χ1) is 8.27. The lowest BCUT2D eigenvalue weighted by atomic mass is 9.88. The quantitative estimate of drug-likeness (QED) is 0.873. The Labute approximate surface area is 101 Å². The molecule has 1 aromatic rings. The molecule has 0 fully saturated rings. The van der Waals surface area contributed by atoms with Crippen LogP contribution < -0.4 is 4.74 Å². The van der Waals surface area contributed by atoms with E-state index in [1.165, 1.54) is 0 Å². The Morgan fingerprint density at radius 2 is 2.00 bits per heavy atom. The molecule has 0 unspecified atom stereocenters. The van der Waals surface area contributed by atoms with Crippen molar-refractivity contribution in [3.63, 3.8) is 0 Å². The normalized spacial score (nSPS) is 14.5. The first kappa shape index (κ1) is 12.4. The number of aliphatic hydroxyl groups excluding tert-OH is 1. The molecule has 0 aromatic heterocycles. The van der Waals surface area contributed by atoms with Crippen molar-refractivity contribution >= 4 is 0 Å². The van der Waals surface area contributed by atoms with Crippen molar-refractivity contribution in [2.75, 3.05) is 13.7 Å². The van der Waals surface area contributed by atoms with Crippen molar-refractivity contribution in [2.45, 2.75) is 38.5 Å². The van der Waals surface area contributed by atoms with Crippen LogP contribution in [-0.4, -0.2) is 18.8 Å². The van der Waals surface area contributed by atoms with E-state index in [-0.39, 0.29) is 12.4 Å². The van der Waals surface area contributed by atoms with E-state index in [0.29, 0.717) is 18.4 Å². The van der Waals surface area contributed by atoms with Crippen molar-refractivity contribution in [1.29, 1.82) is 0 Å². The third-order valence-electron chi connectivity index (χ3n) is 3.44. The van der Waals surface area contributed by atoms with Gasteiger partial charge in [-0.05, 0) is 55.7 Å². The molecule has 0 radical (unpaired) electrons. The van der Waals surface area contributed by atoms with Crippen LogP contribution in [0.4, 0.5) is 4.39 Å². The molecule has 0 spiro atoms. The monoisotopic (exact) mass is 238 g/mol. The zero-order chi connectivity index (χ0) is 12.3. The Kier molecular flexibility index (Phi) is 4.00. The smallest absolute Gasteiger partial charge is 0.130 e. The zero-order valence-electron chi connectivity index (χ0n) is 10.3. The van der Waals surface area contributed by atoms with Crippen molar-refractivity contribution in [2.24, 2.45) is 0 Å². The number of ether oxygens (including phenoxy) is 1. The molecule has 1 aromatic carbocycles. The van der Waals surface area contributed by atoms with Gasteiger partial charge >= 0.3 is 0 Å². The van der Waals surface area contributed by atoms with E-state index < -0.39 is 0 Å². The molecule has 1 aliphatic rings. The van der Waals surface area contributed by atoms with Gasteiger partial charge in [0.25, 0.3) is 0 Å². The molecule has 0 aliphatic heterocycles. The van der Waals surface area contributed by atoms with Crippen molar-refractivity contribution < 1.29 is 14.2 Å². The number of aliphatic hydroxyl groups is 1. The van der Waals surface area contributed by atoms with Gasteiger partial charge in [0.05, 0.1) is 7.11 Å². The number of benzene rings is 1. The molecule has 1 aliphatic carbocycles. The summed E-state index contributed by atoms with van der Waals surface area (Å²) in [6, 6.07) is 1.80. The van der Waals surface area contributed by atoms with Gasteiger partial charge in [0.1, 0.15) is 11.6 Å². The number of hydrogen-bond acceptors (Lipinski definition) is 2. The van der Waals surface area contributed by atoms with E-state index in [0.717, 1.165) is 42.6 Å². The first-order valence-electron chi connectivity index (χ1n) is 6.26. The Hall–Kier alpha value is -1.09. The third kappa shape index (κ3) is 2.44. The van der Waals surface area contributed by atoms with E-state index in [1.54, 1.807) is 13.2 Å². The van der Waals surface area contributed by atoms with Crippen LogP contribution >= 0.6 is 0 Å². The van der Waals surface area contributed by atoms with Crippen LogP contribution in [-0.2, 0) is 19.3 Å². The molecule has 0 heterocycles. The molecule has 0 saturated carbocycles. The Morgan fingerprint density at radius 3 is 2.65 bits per heavy atom. The van der Waals surface area contributed by atoms with Gasteiger partial charge in [0.15, 0.2) is 0 Å². The van der Waals surface area contributed by atoms with Crippen LogP contribution in [0.3, 0.4) is 0 Å². The van der Waals surface area contributed by atoms with Crippen LogP contribution in [0.2, 0.25) is 0 Å². The second kappa shape index (κ2) is 5.50. The van der Waals surface area contributed by atoms with Gasteiger partial charge in [-0.15, -0.1) is 0 Å². The topological polar surface area (TPSA) is 29.5 Å². The summed E-state index contributed by atoms with van der Waals surface area (Å²) in [7, 11) is 1.64. The van der Waals surface area contributed by atoms with Crippen molar-refractivity contribution in [3.8, 4) is 5.75 Å². The highest BCUT2D eigenvalue weighted by Gasteiger charge is 2.20. The predicted molar refractivity (Wildman–Crippen MR) is 65.0 cm³/mol. The molecule has 0 atom stereocenters. The molecule has 3 heteroatoms. The summed E-state index contributed by atoms with van der Waals surface area (Å²) in [6.45, 7) is 0.0961. The van der Waals surface area contributed by atoms with Gasteiger partial charge in [-0.25, -0.2) is 4.39 Å². The summed E-state index contributed by atoms with van der Waals surface area (Å²) in [5.41, 5.74) is 2.56. The molecular formula is C14H19FO2. The van der Waals surface area contributed by atoms with Crippen LogP contribution in [0.5, 0.6) is 5.75 Å². The molecular weight excluding hydrogens is 219 g/mol. The number of fused-ring (bicyclic) bond motifs is 1. The summed E-state index contributed by atoms with van der Waals surface area (Å²) in [5.74, 6) is 0.739. The summed E-state index contributed by atoms with van der Waals surface area (Å²) >= 11 is 0. The average Bonchev–Trinajstić information content (AvgIpc) is 2.38. The molecule has 0 amide bonds. The largest absolute Gasteiger partial charge is 0.496 e. The fourth-order valence-electron chi connectivity index (χ4n) is 2.56. The highest BCUT2D eigenvalue weighted by molar-refractivity contribution is 5.46. The lowest BCUT2D eigenvalue weighted by Gasteiger charge is -2.21. The van der Waals surface area contributed by atoms with Gasteiger partial charge in [-0.1, -0.05) is 0 Å². The van der Waals surface area contributed by atoms with Crippen LogP contribution in [0.1, 0.15) is 36.0 Å². The molecule has 1 N–H and O–H groups in total. The number of methoxy groups -OCH3 is 1. The van der Waals surface area contributed by atoms with E-state index in [2.05, 4.69) is 0 Å². The van der Waals surface area contributed by atoms with E-state index in [4.69, 9.17) is 9.84 Å². The fraction of sp³-hybridized carbons (Fsp3) is 0.571. The summed E-state index contributed by atoms with van der Waals surface area (Å²) in [5, 5.41) is 8.83. The standard InChI is InChI=1S/C14H19FO2/c1-17-13-9-10(5-4-8-16)14(15)12-7-3-2-6-11(12)13/h9,16H,2-8H2,1H3. The maximum atomic E-state index is 14.3. The molecule has 94 valence electrons. The van der Waals surface area contributed by atoms with Crippen molar-refractivity contribution in [3.05, 3.63) is 28.6 Å². The lowest BCUT2D eigenvalue weighted by molar-refractivity contribution is 0.287. The maximum Gasteiger partial charge on any atom is 0.130 e. The predicted octanol–water partition coefficient (Wildman–Crippen LogP) is 2.64. The minimum atomic E-state index is -0.0750. The van der Waals surface area contributed by atoms with Gasteiger partial charge in [0, 0.05) is 12.2 Å². The van der Waals surface area contributed by atoms with Gasteiger partial charge in [0.2, 0.25) is 0 Å². The minimum Gasteiger partial charge on any atom is -0.496 e. The zero-order valence-corrected chi connectivity index (χ0v) is 10.3. The fourth-order valence-corrected chi connectivity index (χ4v) is 2.56. The molecule has 2 nitrogen and oxygen atoms in total. The minimum absolute atomic E-state index is 0.0750. The molecule has 2 rings (SSSR count). The second-order valence-corrected chi connectivity index (χ2v) is 4.54. The highest BCUT2D eigenvalue weighted by atomic mass is 19.1. The average molecular weight is 238 g/mol. The maximum absolute atomic E-state index is 14.3. The van der Waals surface area contributed by atoms with Gasteiger partial charge in [-0.2, -0.15) is 0 Å².